The van der Waals surface area contributed by atoms with E-state index in [4.69, 9.17) is 4.74 Å². The van der Waals surface area contributed by atoms with Crippen LogP contribution in [0.4, 0.5) is 0 Å². The lowest BCUT2D eigenvalue weighted by molar-refractivity contribution is -0.134. The molecule has 3 rings (SSSR count). The van der Waals surface area contributed by atoms with Gasteiger partial charge in [-0.05, 0) is 24.6 Å². The number of methoxy groups -OCH3 is 1. The van der Waals surface area contributed by atoms with Crippen molar-refractivity contribution in [2.75, 3.05) is 26.7 Å². The maximum Gasteiger partial charge on any atom is 0.220 e. The Labute approximate surface area is 142 Å². The monoisotopic (exact) mass is 328 g/mol. The average molecular weight is 328 g/mol. The van der Waals surface area contributed by atoms with Crippen molar-refractivity contribution in [2.45, 2.75) is 26.4 Å². The number of carbonyl (C=O) groups is 1. The molecule has 1 amide bonds. The van der Waals surface area contributed by atoms with Gasteiger partial charge in [0.25, 0.3) is 0 Å². The van der Waals surface area contributed by atoms with Crippen molar-refractivity contribution in [1.82, 2.24) is 19.8 Å². The lowest BCUT2D eigenvalue weighted by atomic mass is 10.0. The Bertz CT molecular complexity index is 695. The van der Waals surface area contributed by atoms with Crippen molar-refractivity contribution >= 4 is 5.91 Å². The first-order valence-electron chi connectivity index (χ1n) is 8.21. The highest BCUT2D eigenvalue weighted by molar-refractivity contribution is 5.74. The maximum absolute atomic E-state index is 12.0. The van der Waals surface area contributed by atoms with E-state index < -0.39 is 0 Å². The second kappa shape index (κ2) is 7.05. The van der Waals surface area contributed by atoms with Gasteiger partial charge in [-0.25, -0.2) is 4.98 Å². The Morgan fingerprint density at radius 1 is 1.33 bits per heavy atom. The number of imidazole rings is 1. The number of H-pyrrole nitrogens is 1. The number of nitrogens with one attached hydrogen (secondary N) is 1. The molecule has 128 valence electrons. The zero-order valence-corrected chi connectivity index (χ0v) is 14.5. The molecule has 1 saturated heterocycles. The van der Waals surface area contributed by atoms with Gasteiger partial charge >= 0.3 is 0 Å². The number of piperazine rings is 1. The average Bonchev–Trinajstić information content (AvgIpc) is 2.99. The van der Waals surface area contributed by atoms with Gasteiger partial charge in [0, 0.05) is 38.8 Å². The van der Waals surface area contributed by atoms with Crippen LogP contribution in [0, 0.1) is 6.92 Å². The first-order chi connectivity index (χ1) is 11.6. The number of hydrogen-bond donors (Lipinski definition) is 1. The van der Waals surface area contributed by atoms with Gasteiger partial charge in [-0.3, -0.25) is 9.69 Å². The van der Waals surface area contributed by atoms with Crippen LogP contribution in [0.5, 0.6) is 5.75 Å². The van der Waals surface area contributed by atoms with Gasteiger partial charge in [-0.2, -0.15) is 0 Å². The summed E-state index contributed by atoms with van der Waals surface area (Å²) < 4.78 is 5.23. The summed E-state index contributed by atoms with van der Waals surface area (Å²) >= 11 is 0. The molecule has 0 radical (unpaired) electrons. The van der Waals surface area contributed by atoms with Crippen LogP contribution in [-0.2, 0) is 11.3 Å². The summed E-state index contributed by atoms with van der Waals surface area (Å²) in [5, 5.41) is 0. The van der Waals surface area contributed by atoms with E-state index >= 15 is 0 Å². The molecule has 0 aliphatic carbocycles. The van der Waals surface area contributed by atoms with Gasteiger partial charge in [-0.15, -0.1) is 0 Å². The molecule has 2 aromatic rings. The van der Waals surface area contributed by atoms with Gasteiger partial charge in [0.2, 0.25) is 5.91 Å². The highest BCUT2D eigenvalue weighted by atomic mass is 16.5. The fourth-order valence-electron chi connectivity index (χ4n) is 3.23. The van der Waals surface area contributed by atoms with Gasteiger partial charge in [-0.1, -0.05) is 12.1 Å². The molecule has 0 unspecified atom stereocenters. The van der Waals surface area contributed by atoms with E-state index in [1.165, 1.54) is 0 Å². The highest BCUT2D eigenvalue weighted by Crippen LogP contribution is 2.28. The molecular weight excluding hydrogens is 304 g/mol. The third-order valence-corrected chi connectivity index (χ3v) is 4.68. The number of aryl methyl sites for hydroxylation is 1. The number of nitrogens with zero attached hydrogens (tertiary/aromatic N) is 3. The predicted molar refractivity (Wildman–Crippen MR) is 91.7 cm³/mol. The molecule has 1 atom stereocenters. The van der Waals surface area contributed by atoms with Crippen LogP contribution >= 0.6 is 0 Å². The van der Waals surface area contributed by atoms with E-state index in [1.807, 2.05) is 36.1 Å². The number of amides is 1. The summed E-state index contributed by atoms with van der Waals surface area (Å²) in [6, 6.07) is 8.04. The molecule has 1 aromatic carbocycles. The zero-order chi connectivity index (χ0) is 17.1. The predicted octanol–water partition coefficient (Wildman–Crippen LogP) is 2.13. The van der Waals surface area contributed by atoms with Gasteiger partial charge in [0.15, 0.2) is 0 Å². The molecule has 1 aliphatic rings. The molecule has 0 saturated carbocycles. The normalized spacial score (nSPS) is 18.6. The molecule has 6 nitrogen and oxygen atoms in total. The van der Waals surface area contributed by atoms with E-state index in [-0.39, 0.29) is 11.9 Å². The van der Waals surface area contributed by atoms with E-state index in [1.54, 1.807) is 20.4 Å². The smallest absolute Gasteiger partial charge is 0.220 e. The Kier molecular flexibility index (Phi) is 4.85. The summed E-state index contributed by atoms with van der Waals surface area (Å²) in [4.78, 5) is 23.9. The van der Waals surface area contributed by atoms with Crippen LogP contribution in [0.2, 0.25) is 0 Å². The van der Waals surface area contributed by atoms with E-state index in [0.717, 1.165) is 48.9 Å². The molecular formula is C18H24N4O2. The van der Waals surface area contributed by atoms with Crippen molar-refractivity contribution in [3.8, 4) is 5.75 Å². The Morgan fingerprint density at radius 3 is 2.67 bits per heavy atom. The standard InChI is InChI=1S/C18H24N4O2/c1-13-17(20-12-19-13)10-21-8-9-22(14(2)23)18(11-21)15-4-6-16(24-3)7-5-15/h4-7,12,18H,8-11H2,1-3H3,(H,19,20)/t18-/m0/s1. The number of aromatic amines is 1. The lowest BCUT2D eigenvalue weighted by Gasteiger charge is -2.41. The van der Waals surface area contributed by atoms with Gasteiger partial charge < -0.3 is 14.6 Å². The number of hydrogen-bond acceptors (Lipinski definition) is 4. The Hall–Kier alpha value is -2.34. The van der Waals surface area contributed by atoms with Crippen LogP contribution in [0.3, 0.4) is 0 Å². The zero-order valence-electron chi connectivity index (χ0n) is 14.5. The van der Waals surface area contributed by atoms with Crippen molar-refractivity contribution in [3.63, 3.8) is 0 Å². The third kappa shape index (κ3) is 3.43. The van der Waals surface area contributed by atoms with Crippen LogP contribution in [0.1, 0.15) is 29.9 Å². The topological polar surface area (TPSA) is 61.5 Å². The van der Waals surface area contributed by atoms with Crippen LogP contribution in [-0.4, -0.2) is 52.4 Å². The van der Waals surface area contributed by atoms with Crippen molar-refractivity contribution in [3.05, 3.63) is 47.5 Å². The van der Waals surface area contributed by atoms with Crippen LogP contribution in [0.25, 0.3) is 0 Å². The molecule has 2 heterocycles. The lowest BCUT2D eigenvalue weighted by Crippen LogP contribution is -2.49. The van der Waals surface area contributed by atoms with Crippen LogP contribution in [0.15, 0.2) is 30.6 Å². The highest BCUT2D eigenvalue weighted by Gasteiger charge is 2.30. The molecule has 0 spiro atoms. The van der Waals surface area contributed by atoms with Gasteiger partial charge in [0.05, 0.1) is 25.2 Å². The summed E-state index contributed by atoms with van der Waals surface area (Å²) in [6.45, 7) is 6.87. The minimum Gasteiger partial charge on any atom is -0.497 e. The number of benzene rings is 1. The summed E-state index contributed by atoms with van der Waals surface area (Å²) in [7, 11) is 1.66. The first kappa shape index (κ1) is 16.5. The quantitative estimate of drug-likeness (QED) is 0.934. The molecule has 0 bridgehead atoms. The van der Waals surface area contributed by atoms with Crippen molar-refractivity contribution in [2.24, 2.45) is 0 Å². The SMILES string of the molecule is COc1ccc([C@@H]2CN(Cc3nc[nH]c3C)CCN2C(C)=O)cc1. The molecule has 1 aliphatic heterocycles. The van der Waals surface area contributed by atoms with Crippen LogP contribution < -0.4 is 4.74 Å². The van der Waals surface area contributed by atoms with E-state index in [2.05, 4.69) is 14.9 Å². The molecule has 1 fully saturated rings. The minimum absolute atomic E-state index is 0.0569. The number of ether oxygens (including phenoxy) is 1. The second-order valence-electron chi connectivity index (χ2n) is 6.21. The molecule has 1 aromatic heterocycles. The fraction of sp³-hybridized carbons (Fsp3) is 0.444. The first-order valence-corrected chi connectivity index (χ1v) is 8.21. The van der Waals surface area contributed by atoms with Crippen molar-refractivity contribution < 1.29 is 9.53 Å². The van der Waals surface area contributed by atoms with E-state index in [9.17, 15) is 4.79 Å². The molecule has 24 heavy (non-hydrogen) atoms. The minimum atomic E-state index is 0.0569. The maximum atomic E-state index is 12.0. The second-order valence-corrected chi connectivity index (χ2v) is 6.21. The summed E-state index contributed by atoms with van der Waals surface area (Å²) in [5.74, 6) is 0.944. The third-order valence-electron chi connectivity index (χ3n) is 4.68. The van der Waals surface area contributed by atoms with E-state index in [0.29, 0.717) is 0 Å². The Balaban J connectivity index is 1.79. The molecule has 6 heteroatoms. The number of rotatable bonds is 4. The number of carbonyl (C=O) groups excluding carboxylic acids is 1. The van der Waals surface area contributed by atoms with Crippen molar-refractivity contribution in [1.29, 1.82) is 0 Å². The van der Waals surface area contributed by atoms with Gasteiger partial charge in [0.1, 0.15) is 5.75 Å². The summed E-state index contributed by atoms with van der Waals surface area (Å²) in [5.41, 5.74) is 3.30. The fourth-order valence-corrected chi connectivity index (χ4v) is 3.23. The Morgan fingerprint density at radius 2 is 2.08 bits per heavy atom. The summed E-state index contributed by atoms with van der Waals surface area (Å²) in [6.07, 6.45) is 1.73. The number of aromatic nitrogens is 2. The largest absolute Gasteiger partial charge is 0.497 e. The molecule has 1 N–H and O–H groups in total.